The fourth-order valence-corrected chi connectivity index (χ4v) is 3.87. The number of carbonyl (C=O) groups excluding carboxylic acids is 1. The van der Waals surface area contributed by atoms with Crippen LogP contribution < -0.4 is 10.0 Å². The number of hydrogen-bond donors (Lipinski definition) is 2. The van der Waals surface area contributed by atoms with Gasteiger partial charge in [-0.3, -0.25) is 9.79 Å². The van der Waals surface area contributed by atoms with Crippen LogP contribution in [-0.2, 0) is 19.6 Å². The second kappa shape index (κ2) is 15.2. The molecule has 0 aromatic heterocycles. The summed E-state index contributed by atoms with van der Waals surface area (Å²) in [7, 11) is -1.65. The molecular formula is C18H38IN5O4S. The van der Waals surface area contributed by atoms with E-state index in [1.54, 1.807) is 16.8 Å². The number of hydrogen-bond acceptors (Lipinski definition) is 5. The van der Waals surface area contributed by atoms with E-state index in [9.17, 15) is 13.2 Å². The van der Waals surface area contributed by atoms with Crippen LogP contribution in [-0.4, -0.2) is 94.9 Å². The number of nitrogens with one attached hydrogen (secondary N) is 2. The number of aliphatic imine (C=N–C) groups is 1. The molecule has 0 aromatic rings. The summed E-state index contributed by atoms with van der Waals surface area (Å²) in [6, 6.07) is 0. The van der Waals surface area contributed by atoms with Gasteiger partial charge in [0, 0.05) is 39.8 Å². The number of amides is 1. The fourth-order valence-electron chi connectivity index (χ4n) is 2.96. The maximum atomic E-state index is 12.3. The van der Waals surface area contributed by atoms with Crippen LogP contribution >= 0.6 is 24.0 Å². The highest BCUT2D eigenvalue weighted by Crippen LogP contribution is 2.11. The molecule has 1 heterocycles. The van der Waals surface area contributed by atoms with Crippen molar-refractivity contribution in [2.45, 2.75) is 46.1 Å². The van der Waals surface area contributed by atoms with Gasteiger partial charge in [-0.25, -0.2) is 13.1 Å². The molecule has 29 heavy (non-hydrogen) atoms. The monoisotopic (exact) mass is 547 g/mol. The Labute approximate surface area is 193 Å². The Kier molecular flexibility index (Phi) is 14.8. The lowest BCUT2D eigenvalue weighted by Gasteiger charge is -2.25. The topological polar surface area (TPSA) is 103 Å². The second-order valence-electron chi connectivity index (χ2n) is 6.81. The predicted molar refractivity (Wildman–Crippen MR) is 127 cm³/mol. The highest BCUT2D eigenvalue weighted by molar-refractivity contribution is 14.0. The van der Waals surface area contributed by atoms with Gasteiger partial charge in [0.2, 0.25) is 15.9 Å². The first-order chi connectivity index (χ1) is 13.3. The van der Waals surface area contributed by atoms with Gasteiger partial charge in [0.05, 0.1) is 24.9 Å². The number of carbonyl (C=O) groups is 1. The summed E-state index contributed by atoms with van der Waals surface area (Å²) in [5, 5.41) is 3.10. The normalized spacial score (nSPS) is 17.4. The Balaban J connectivity index is 0.00000784. The molecule has 1 rings (SSSR count). The van der Waals surface area contributed by atoms with E-state index in [1.807, 2.05) is 20.8 Å². The van der Waals surface area contributed by atoms with Gasteiger partial charge in [0.25, 0.3) is 0 Å². The Morgan fingerprint density at radius 1 is 1.21 bits per heavy atom. The van der Waals surface area contributed by atoms with Crippen molar-refractivity contribution in [1.29, 1.82) is 0 Å². The highest BCUT2D eigenvalue weighted by Gasteiger charge is 2.18. The molecule has 1 unspecified atom stereocenters. The Morgan fingerprint density at radius 3 is 2.45 bits per heavy atom. The standard InChI is InChI=1S/C18H37N5O4S.HI/c1-5-19-18(22(4)15-17(24)23(6-2)7-3)20-11-13-28(25,26)21-14-16-10-8-9-12-27-16;/h16,21H,5-15H2,1-4H3,(H,19,20);1H. The number of sulfonamides is 1. The van der Waals surface area contributed by atoms with Crippen molar-refractivity contribution in [1.82, 2.24) is 19.8 Å². The van der Waals surface area contributed by atoms with Crippen molar-refractivity contribution in [3.63, 3.8) is 0 Å². The zero-order valence-corrected chi connectivity index (χ0v) is 21.3. The van der Waals surface area contributed by atoms with Crippen molar-refractivity contribution >= 4 is 45.9 Å². The summed E-state index contributed by atoms with van der Waals surface area (Å²) in [5.41, 5.74) is 0. The largest absolute Gasteiger partial charge is 0.377 e. The van der Waals surface area contributed by atoms with Crippen molar-refractivity contribution in [2.24, 2.45) is 4.99 Å². The van der Waals surface area contributed by atoms with Crippen molar-refractivity contribution in [3.05, 3.63) is 0 Å². The zero-order valence-electron chi connectivity index (χ0n) is 18.1. The first-order valence-electron chi connectivity index (χ1n) is 10.2. The van der Waals surface area contributed by atoms with Gasteiger partial charge in [0.1, 0.15) is 0 Å². The SMILES string of the molecule is CCNC(=NCCS(=O)(=O)NCC1CCCCO1)N(C)CC(=O)N(CC)CC.I. The van der Waals surface area contributed by atoms with Crippen LogP contribution in [0.4, 0.5) is 0 Å². The molecule has 1 fully saturated rings. The maximum absolute atomic E-state index is 12.3. The molecule has 0 radical (unpaired) electrons. The summed E-state index contributed by atoms with van der Waals surface area (Å²) < 4.78 is 32.5. The molecule has 9 nitrogen and oxygen atoms in total. The minimum Gasteiger partial charge on any atom is -0.377 e. The Bertz CT molecular complexity index is 593. The average molecular weight is 548 g/mol. The quantitative estimate of drug-likeness (QED) is 0.226. The summed E-state index contributed by atoms with van der Waals surface area (Å²) in [6.07, 6.45) is 2.95. The third-order valence-electron chi connectivity index (χ3n) is 4.61. The number of guanidine groups is 1. The number of rotatable bonds is 11. The van der Waals surface area contributed by atoms with Gasteiger partial charge in [-0.2, -0.15) is 0 Å². The molecular weight excluding hydrogens is 509 g/mol. The van der Waals surface area contributed by atoms with E-state index in [4.69, 9.17) is 4.74 Å². The molecule has 1 saturated heterocycles. The summed E-state index contributed by atoms with van der Waals surface area (Å²) in [4.78, 5) is 20.1. The van der Waals surface area contributed by atoms with Crippen LogP contribution in [0.5, 0.6) is 0 Å². The van der Waals surface area contributed by atoms with Crippen LogP contribution in [0.25, 0.3) is 0 Å². The van der Waals surface area contributed by atoms with E-state index >= 15 is 0 Å². The number of ether oxygens (including phenoxy) is 1. The zero-order chi connectivity index (χ0) is 21.0. The Hall–Kier alpha value is -0.660. The van der Waals surface area contributed by atoms with Gasteiger partial charge in [-0.1, -0.05) is 0 Å². The van der Waals surface area contributed by atoms with Gasteiger partial charge in [-0.15, -0.1) is 24.0 Å². The number of likely N-dealkylation sites (N-methyl/N-ethyl adjacent to an activating group) is 2. The predicted octanol–water partition coefficient (Wildman–Crippen LogP) is 0.859. The van der Waals surface area contributed by atoms with E-state index < -0.39 is 10.0 Å². The lowest BCUT2D eigenvalue weighted by atomic mass is 10.1. The minimum absolute atomic E-state index is 0. The highest BCUT2D eigenvalue weighted by atomic mass is 127. The molecule has 0 aromatic carbocycles. The third kappa shape index (κ3) is 11.3. The molecule has 0 bridgehead atoms. The number of nitrogens with zero attached hydrogens (tertiary/aromatic N) is 3. The second-order valence-corrected chi connectivity index (χ2v) is 8.74. The van der Waals surface area contributed by atoms with Crippen molar-refractivity contribution in [3.8, 4) is 0 Å². The minimum atomic E-state index is -3.42. The third-order valence-corrected chi connectivity index (χ3v) is 5.94. The van der Waals surface area contributed by atoms with Crippen molar-refractivity contribution in [2.75, 3.05) is 58.7 Å². The fraction of sp³-hybridized carbons (Fsp3) is 0.889. The molecule has 2 N–H and O–H groups in total. The van der Waals surface area contributed by atoms with Gasteiger partial charge in [-0.05, 0) is 40.0 Å². The molecule has 0 saturated carbocycles. The molecule has 1 aliphatic rings. The van der Waals surface area contributed by atoms with Crippen LogP contribution in [0.15, 0.2) is 4.99 Å². The number of halogens is 1. The molecule has 1 atom stereocenters. The van der Waals surface area contributed by atoms with E-state index in [1.165, 1.54) is 0 Å². The lowest BCUT2D eigenvalue weighted by molar-refractivity contribution is -0.131. The molecule has 172 valence electrons. The van der Waals surface area contributed by atoms with Crippen LogP contribution in [0.3, 0.4) is 0 Å². The maximum Gasteiger partial charge on any atom is 0.242 e. The van der Waals surface area contributed by atoms with Gasteiger partial charge < -0.3 is 19.9 Å². The van der Waals surface area contributed by atoms with E-state index in [2.05, 4.69) is 15.0 Å². The van der Waals surface area contributed by atoms with E-state index in [0.717, 1.165) is 19.3 Å². The van der Waals surface area contributed by atoms with Crippen LogP contribution in [0.2, 0.25) is 0 Å². The lowest BCUT2D eigenvalue weighted by Crippen LogP contribution is -2.46. The van der Waals surface area contributed by atoms with Gasteiger partial charge in [0.15, 0.2) is 5.96 Å². The molecule has 11 heteroatoms. The molecule has 0 aliphatic carbocycles. The Morgan fingerprint density at radius 2 is 1.90 bits per heavy atom. The smallest absolute Gasteiger partial charge is 0.242 e. The van der Waals surface area contributed by atoms with Crippen LogP contribution in [0.1, 0.15) is 40.0 Å². The first-order valence-corrected chi connectivity index (χ1v) is 11.8. The van der Waals surface area contributed by atoms with E-state index in [0.29, 0.717) is 38.7 Å². The van der Waals surface area contributed by atoms with Crippen LogP contribution in [0, 0.1) is 0 Å². The van der Waals surface area contributed by atoms with Gasteiger partial charge >= 0.3 is 0 Å². The average Bonchev–Trinajstić information content (AvgIpc) is 2.67. The first kappa shape index (κ1) is 28.3. The molecule has 0 spiro atoms. The molecule has 1 amide bonds. The van der Waals surface area contributed by atoms with E-state index in [-0.39, 0.29) is 54.8 Å². The molecule has 1 aliphatic heterocycles. The summed E-state index contributed by atoms with van der Waals surface area (Å²) >= 11 is 0. The van der Waals surface area contributed by atoms with Crippen molar-refractivity contribution < 1.29 is 17.9 Å². The summed E-state index contributed by atoms with van der Waals surface area (Å²) in [6.45, 7) is 9.08. The summed E-state index contributed by atoms with van der Waals surface area (Å²) in [5.74, 6) is 0.431.